The summed E-state index contributed by atoms with van der Waals surface area (Å²) in [5.41, 5.74) is -0.931. The minimum atomic E-state index is -0.948. The molecule has 0 bridgehead atoms. The lowest BCUT2D eigenvalue weighted by Crippen LogP contribution is -2.54. The van der Waals surface area contributed by atoms with E-state index >= 15 is 0 Å². The van der Waals surface area contributed by atoms with Gasteiger partial charge in [-0.05, 0) is 37.5 Å². The molecule has 1 saturated heterocycles. The maximum absolute atomic E-state index is 13.1. The zero-order valence-electron chi connectivity index (χ0n) is 17.0. The Kier molecular flexibility index (Phi) is 5.66. The molecule has 1 aliphatic carbocycles. The molecule has 158 valence electrons. The van der Waals surface area contributed by atoms with E-state index in [1.54, 1.807) is 6.92 Å². The fourth-order valence-electron chi connectivity index (χ4n) is 4.58. The van der Waals surface area contributed by atoms with Gasteiger partial charge in [-0.15, -0.1) is 11.3 Å². The Balaban J connectivity index is 1.66. The maximum atomic E-state index is 13.1. The molecule has 1 saturated carbocycles. The number of ether oxygens (including phenoxy) is 1. The Morgan fingerprint density at radius 1 is 1.38 bits per heavy atom. The quantitative estimate of drug-likeness (QED) is 0.556. The van der Waals surface area contributed by atoms with Gasteiger partial charge in [-0.2, -0.15) is 0 Å². The molecule has 2 fully saturated rings. The van der Waals surface area contributed by atoms with Crippen LogP contribution in [-0.4, -0.2) is 52.4 Å². The smallest absolute Gasteiger partial charge is 0.357 e. The number of imide groups is 1. The van der Waals surface area contributed by atoms with Crippen molar-refractivity contribution in [3.05, 3.63) is 11.1 Å². The van der Waals surface area contributed by atoms with Crippen LogP contribution in [0.3, 0.4) is 0 Å². The third kappa shape index (κ3) is 4.42. The number of amides is 4. The number of nitrogens with zero attached hydrogens (tertiary/aromatic N) is 2. The summed E-state index contributed by atoms with van der Waals surface area (Å²) in [5, 5.41) is 7.05. The van der Waals surface area contributed by atoms with E-state index in [9.17, 15) is 19.2 Å². The second-order valence-corrected chi connectivity index (χ2v) is 9.42. The number of rotatable bonds is 5. The molecule has 29 heavy (non-hydrogen) atoms. The van der Waals surface area contributed by atoms with Crippen LogP contribution in [0, 0.1) is 11.3 Å². The van der Waals surface area contributed by atoms with Gasteiger partial charge in [0, 0.05) is 5.38 Å². The van der Waals surface area contributed by atoms with Crippen molar-refractivity contribution < 1.29 is 23.9 Å². The molecule has 2 heterocycles. The van der Waals surface area contributed by atoms with Gasteiger partial charge in [0.1, 0.15) is 12.1 Å². The fourth-order valence-corrected chi connectivity index (χ4v) is 5.28. The van der Waals surface area contributed by atoms with Crippen molar-refractivity contribution in [1.29, 1.82) is 0 Å². The Morgan fingerprint density at radius 3 is 2.76 bits per heavy atom. The number of nitrogens with one attached hydrogen (secondary N) is 2. The SMILES string of the molecule is CCOC(=O)c1csc(NC(=O)CN2C(=O)NC3(CC(C)CC(C)(C)C3)C2=O)n1. The predicted octanol–water partition coefficient (Wildman–Crippen LogP) is 2.40. The number of hydrogen-bond donors (Lipinski definition) is 2. The van der Waals surface area contributed by atoms with Crippen molar-refractivity contribution in [2.75, 3.05) is 18.5 Å². The number of urea groups is 1. The first-order chi connectivity index (χ1) is 13.5. The second-order valence-electron chi connectivity index (χ2n) is 8.56. The molecular weight excluding hydrogens is 396 g/mol. The zero-order chi connectivity index (χ0) is 21.4. The molecule has 10 heteroatoms. The van der Waals surface area contributed by atoms with Crippen molar-refractivity contribution in [1.82, 2.24) is 15.2 Å². The van der Waals surface area contributed by atoms with Gasteiger partial charge < -0.3 is 15.4 Å². The molecule has 2 unspecified atom stereocenters. The van der Waals surface area contributed by atoms with Crippen molar-refractivity contribution >= 4 is 40.3 Å². The van der Waals surface area contributed by atoms with Crippen LogP contribution >= 0.6 is 11.3 Å². The van der Waals surface area contributed by atoms with Crippen LogP contribution in [0.1, 0.15) is 57.4 Å². The molecule has 1 spiro atoms. The van der Waals surface area contributed by atoms with E-state index in [4.69, 9.17) is 4.74 Å². The molecule has 0 aromatic carbocycles. The average Bonchev–Trinajstić information content (AvgIpc) is 3.12. The highest BCUT2D eigenvalue weighted by molar-refractivity contribution is 7.14. The van der Waals surface area contributed by atoms with E-state index in [-0.39, 0.29) is 34.7 Å². The zero-order valence-corrected chi connectivity index (χ0v) is 17.9. The number of anilines is 1. The van der Waals surface area contributed by atoms with Crippen LogP contribution in [0.4, 0.5) is 9.93 Å². The summed E-state index contributed by atoms with van der Waals surface area (Å²) < 4.78 is 4.86. The number of thiazole rings is 1. The van der Waals surface area contributed by atoms with Crippen LogP contribution in [0.2, 0.25) is 0 Å². The fraction of sp³-hybridized carbons (Fsp3) is 0.632. The highest BCUT2D eigenvalue weighted by Crippen LogP contribution is 2.46. The van der Waals surface area contributed by atoms with Gasteiger partial charge in [0.25, 0.3) is 5.91 Å². The minimum absolute atomic E-state index is 0.0801. The summed E-state index contributed by atoms with van der Waals surface area (Å²) in [5.74, 6) is -1.20. The summed E-state index contributed by atoms with van der Waals surface area (Å²) in [6, 6.07) is -0.554. The average molecular weight is 423 g/mol. The molecule has 3 rings (SSSR count). The summed E-state index contributed by atoms with van der Waals surface area (Å²) in [4.78, 5) is 54.6. The lowest BCUT2D eigenvalue weighted by atomic mass is 9.64. The van der Waals surface area contributed by atoms with Crippen molar-refractivity contribution in [3.8, 4) is 0 Å². The molecular formula is C19H26N4O5S. The first kappa shape index (κ1) is 21.2. The minimum Gasteiger partial charge on any atom is -0.461 e. The number of esters is 1. The third-order valence-electron chi connectivity index (χ3n) is 5.16. The van der Waals surface area contributed by atoms with Crippen molar-refractivity contribution in [2.45, 2.75) is 52.5 Å². The maximum Gasteiger partial charge on any atom is 0.357 e. The number of carbonyl (C=O) groups excluding carboxylic acids is 4. The lowest BCUT2D eigenvalue weighted by Gasteiger charge is -2.43. The molecule has 1 aromatic rings. The summed E-state index contributed by atoms with van der Waals surface area (Å²) >= 11 is 1.07. The Hall–Kier alpha value is -2.49. The molecule has 4 amide bonds. The van der Waals surface area contributed by atoms with E-state index in [2.05, 4.69) is 36.4 Å². The first-order valence-electron chi connectivity index (χ1n) is 9.62. The van der Waals surface area contributed by atoms with E-state index in [0.717, 1.165) is 22.7 Å². The summed E-state index contributed by atoms with van der Waals surface area (Å²) in [6.45, 7) is 7.75. The Bertz CT molecular complexity index is 851. The van der Waals surface area contributed by atoms with Crippen LogP contribution in [-0.2, 0) is 14.3 Å². The summed E-state index contributed by atoms with van der Waals surface area (Å²) in [6.07, 6.45) is 2.09. The van der Waals surface area contributed by atoms with E-state index < -0.39 is 30.0 Å². The van der Waals surface area contributed by atoms with Gasteiger partial charge in [0.2, 0.25) is 5.91 Å². The molecule has 9 nitrogen and oxygen atoms in total. The molecule has 2 N–H and O–H groups in total. The first-order valence-corrected chi connectivity index (χ1v) is 10.5. The Morgan fingerprint density at radius 2 is 2.10 bits per heavy atom. The van der Waals surface area contributed by atoms with Gasteiger partial charge in [-0.1, -0.05) is 20.8 Å². The normalized spacial score (nSPS) is 25.8. The predicted molar refractivity (Wildman–Crippen MR) is 106 cm³/mol. The van der Waals surface area contributed by atoms with E-state index in [1.807, 2.05) is 0 Å². The van der Waals surface area contributed by atoms with Gasteiger partial charge in [-0.25, -0.2) is 14.6 Å². The largest absolute Gasteiger partial charge is 0.461 e. The highest BCUT2D eigenvalue weighted by atomic mass is 32.1. The van der Waals surface area contributed by atoms with Gasteiger partial charge >= 0.3 is 12.0 Å². The van der Waals surface area contributed by atoms with Crippen molar-refractivity contribution in [3.63, 3.8) is 0 Å². The monoisotopic (exact) mass is 422 g/mol. The number of aromatic nitrogens is 1. The summed E-state index contributed by atoms with van der Waals surface area (Å²) in [7, 11) is 0. The molecule has 2 aliphatic rings. The third-order valence-corrected chi connectivity index (χ3v) is 5.92. The van der Waals surface area contributed by atoms with Gasteiger partial charge in [0.05, 0.1) is 6.61 Å². The number of hydrogen-bond acceptors (Lipinski definition) is 7. The standard InChI is InChI=1S/C19H26N4O5S/c1-5-28-14(25)12-9-29-16(20-12)21-13(24)8-23-15(26)19(22-17(23)27)7-11(2)6-18(3,4)10-19/h9,11H,5-8,10H2,1-4H3,(H,22,27)(H,20,21,24). The Labute approximate surface area is 173 Å². The highest BCUT2D eigenvalue weighted by Gasteiger charge is 2.56. The molecule has 1 aromatic heterocycles. The van der Waals surface area contributed by atoms with Crippen LogP contribution in [0.25, 0.3) is 0 Å². The number of carbonyl (C=O) groups is 4. The van der Waals surface area contributed by atoms with Gasteiger partial charge in [-0.3, -0.25) is 14.5 Å². The van der Waals surface area contributed by atoms with Gasteiger partial charge in [0.15, 0.2) is 10.8 Å². The van der Waals surface area contributed by atoms with Crippen molar-refractivity contribution in [2.24, 2.45) is 11.3 Å². The topological polar surface area (TPSA) is 118 Å². The van der Waals surface area contributed by atoms with E-state index in [1.165, 1.54) is 5.38 Å². The molecule has 1 aliphatic heterocycles. The van der Waals surface area contributed by atoms with Crippen LogP contribution in [0.15, 0.2) is 5.38 Å². The van der Waals surface area contributed by atoms with Crippen LogP contribution in [0.5, 0.6) is 0 Å². The van der Waals surface area contributed by atoms with Crippen LogP contribution < -0.4 is 10.6 Å². The molecule has 0 radical (unpaired) electrons. The van der Waals surface area contributed by atoms with E-state index in [0.29, 0.717) is 12.8 Å². The second kappa shape index (κ2) is 7.74. The molecule has 2 atom stereocenters. The lowest BCUT2D eigenvalue weighted by molar-refractivity contribution is -0.136.